The van der Waals surface area contributed by atoms with Crippen molar-refractivity contribution in [1.82, 2.24) is 14.9 Å². The number of rotatable bonds is 6. The van der Waals surface area contributed by atoms with Crippen LogP contribution in [0.15, 0.2) is 32.6 Å². The molecule has 0 aliphatic rings. The highest BCUT2D eigenvalue weighted by Crippen LogP contribution is 2.20. The summed E-state index contributed by atoms with van der Waals surface area (Å²) in [7, 11) is 0. The van der Waals surface area contributed by atoms with E-state index in [0.29, 0.717) is 35.1 Å². The van der Waals surface area contributed by atoms with Gasteiger partial charge in [-0.1, -0.05) is 41.5 Å². The van der Waals surface area contributed by atoms with Gasteiger partial charge in [0.2, 0.25) is 5.91 Å². The molecule has 5 nitrogen and oxygen atoms in total. The number of carbonyl (C=O) groups is 1. The molecule has 1 heterocycles. The van der Waals surface area contributed by atoms with Gasteiger partial charge in [0.1, 0.15) is 0 Å². The van der Waals surface area contributed by atoms with Gasteiger partial charge in [-0.2, -0.15) is 0 Å². The topological polar surface area (TPSA) is 64.0 Å². The second-order valence-electron chi connectivity index (χ2n) is 5.59. The maximum absolute atomic E-state index is 12.6. The number of hydrogen-bond donors (Lipinski definition) is 1. The summed E-state index contributed by atoms with van der Waals surface area (Å²) in [4.78, 5) is 29.0. The molecular formula is C16H20BrN3O2S. The van der Waals surface area contributed by atoms with Crippen LogP contribution in [0.5, 0.6) is 0 Å². The van der Waals surface area contributed by atoms with Crippen molar-refractivity contribution in [2.75, 3.05) is 12.3 Å². The summed E-state index contributed by atoms with van der Waals surface area (Å²) >= 11 is 4.67. The van der Waals surface area contributed by atoms with E-state index in [1.807, 2.05) is 32.9 Å². The van der Waals surface area contributed by atoms with Crippen molar-refractivity contribution in [3.05, 3.63) is 33.0 Å². The van der Waals surface area contributed by atoms with Crippen LogP contribution in [0, 0.1) is 5.92 Å². The van der Waals surface area contributed by atoms with Gasteiger partial charge >= 0.3 is 0 Å². The predicted molar refractivity (Wildman–Crippen MR) is 97.9 cm³/mol. The lowest BCUT2D eigenvalue weighted by Crippen LogP contribution is -2.29. The van der Waals surface area contributed by atoms with Gasteiger partial charge in [-0.3, -0.25) is 14.2 Å². The van der Waals surface area contributed by atoms with Crippen molar-refractivity contribution in [3.63, 3.8) is 0 Å². The highest BCUT2D eigenvalue weighted by atomic mass is 79.9. The summed E-state index contributed by atoms with van der Waals surface area (Å²) in [5, 5.41) is 4.02. The fourth-order valence-corrected chi connectivity index (χ4v) is 3.31. The Bertz CT molecular complexity index is 774. The summed E-state index contributed by atoms with van der Waals surface area (Å²) < 4.78 is 2.45. The van der Waals surface area contributed by atoms with Crippen molar-refractivity contribution in [1.29, 1.82) is 0 Å². The number of halogens is 1. The van der Waals surface area contributed by atoms with Crippen molar-refractivity contribution in [3.8, 4) is 0 Å². The summed E-state index contributed by atoms with van der Waals surface area (Å²) in [6.45, 7) is 7.16. The lowest BCUT2D eigenvalue weighted by Gasteiger charge is -2.12. The van der Waals surface area contributed by atoms with Gasteiger partial charge in [-0.05, 0) is 31.0 Å². The Labute approximate surface area is 148 Å². The Morgan fingerprint density at radius 1 is 1.43 bits per heavy atom. The van der Waals surface area contributed by atoms with Gasteiger partial charge in [0.05, 0.1) is 16.7 Å². The summed E-state index contributed by atoms with van der Waals surface area (Å²) in [6.07, 6.45) is 0. The van der Waals surface area contributed by atoms with Crippen LogP contribution in [0.4, 0.5) is 0 Å². The Morgan fingerprint density at radius 3 is 2.83 bits per heavy atom. The van der Waals surface area contributed by atoms with Crippen molar-refractivity contribution >= 4 is 44.5 Å². The van der Waals surface area contributed by atoms with Crippen molar-refractivity contribution < 1.29 is 4.79 Å². The highest BCUT2D eigenvalue weighted by molar-refractivity contribution is 9.10. The number of hydrogen-bond acceptors (Lipinski definition) is 4. The second-order valence-corrected chi connectivity index (χ2v) is 7.45. The Balaban J connectivity index is 2.25. The first kappa shape index (κ1) is 18.0. The van der Waals surface area contributed by atoms with Crippen LogP contribution in [0.1, 0.15) is 20.8 Å². The van der Waals surface area contributed by atoms with E-state index in [9.17, 15) is 9.59 Å². The minimum absolute atomic E-state index is 0.0449. The number of aromatic nitrogens is 2. The normalized spacial score (nSPS) is 11.2. The van der Waals surface area contributed by atoms with Gasteiger partial charge in [-0.25, -0.2) is 4.98 Å². The molecule has 1 N–H and O–H groups in total. The smallest absolute Gasteiger partial charge is 0.262 e. The predicted octanol–water partition coefficient (Wildman–Crippen LogP) is 3.04. The summed E-state index contributed by atoms with van der Waals surface area (Å²) in [6, 6.07) is 5.44. The van der Waals surface area contributed by atoms with Crippen LogP contribution in [-0.2, 0) is 11.3 Å². The SMILES string of the molecule is CCn1c(SCC(=O)NCC(C)C)nc2ccc(Br)cc2c1=O. The average molecular weight is 398 g/mol. The van der Waals surface area contributed by atoms with Gasteiger partial charge in [0.15, 0.2) is 5.16 Å². The minimum Gasteiger partial charge on any atom is -0.355 e. The number of carbonyl (C=O) groups excluding carboxylic acids is 1. The van der Waals surface area contributed by atoms with E-state index >= 15 is 0 Å². The maximum atomic E-state index is 12.6. The molecule has 2 rings (SSSR count). The van der Waals surface area contributed by atoms with Crippen LogP contribution in [0.3, 0.4) is 0 Å². The zero-order valence-electron chi connectivity index (χ0n) is 13.4. The van der Waals surface area contributed by atoms with E-state index in [-0.39, 0.29) is 17.2 Å². The van der Waals surface area contributed by atoms with Gasteiger partial charge < -0.3 is 5.32 Å². The molecule has 0 atom stereocenters. The lowest BCUT2D eigenvalue weighted by atomic mass is 10.2. The van der Waals surface area contributed by atoms with Crippen LogP contribution in [-0.4, -0.2) is 27.8 Å². The zero-order chi connectivity index (χ0) is 17.0. The largest absolute Gasteiger partial charge is 0.355 e. The molecule has 0 radical (unpaired) electrons. The molecular weight excluding hydrogens is 378 g/mol. The van der Waals surface area contributed by atoms with E-state index in [1.165, 1.54) is 11.8 Å². The van der Waals surface area contributed by atoms with E-state index < -0.39 is 0 Å². The molecule has 1 aromatic heterocycles. The number of fused-ring (bicyclic) bond motifs is 1. The van der Waals surface area contributed by atoms with Crippen LogP contribution >= 0.6 is 27.7 Å². The van der Waals surface area contributed by atoms with Crippen LogP contribution < -0.4 is 10.9 Å². The van der Waals surface area contributed by atoms with E-state index in [0.717, 1.165) is 4.47 Å². The molecule has 124 valence electrons. The Morgan fingerprint density at radius 2 is 2.17 bits per heavy atom. The van der Waals surface area contributed by atoms with E-state index in [2.05, 4.69) is 26.2 Å². The molecule has 1 amide bonds. The molecule has 0 saturated heterocycles. The number of amides is 1. The number of benzene rings is 1. The van der Waals surface area contributed by atoms with Gasteiger partial charge in [-0.15, -0.1) is 0 Å². The molecule has 0 aliphatic heterocycles. The van der Waals surface area contributed by atoms with Crippen molar-refractivity contribution in [2.24, 2.45) is 5.92 Å². The minimum atomic E-state index is -0.0797. The molecule has 23 heavy (non-hydrogen) atoms. The molecule has 0 spiro atoms. The second kappa shape index (κ2) is 7.97. The van der Waals surface area contributed by atoms with Gasteiger partial charge in [0, 0.05) is 17.6 Å². The molecule has 0 saturated carbocycles. The number of nitrogens with zero attached hydrogens (tertiary/aromatic N) is 2. The quantitative estimate of drug-likeness (QED) is 0.600. The molecule has 1 aromatic carbocycles. The fraction of sp³-hybridized carbons (Fsp3) is 0.438. The maximum Gasteiger partial charge on any atom is 0.262 e. The molecule has 0 aliphatic carbocycles. The van der Waals surface area contributed by atoms with E-state index in [4.69, 9.17) is 0 Å². The molecule has 0 bridgehead atoms. The highest BCUT2D eigenvalue weighted by Gasteiger charge is 2.12. The first-order valence-electron chi connectivity index (χ1n) is 7.52. The lowest BCUT2D eigenvalue weighted by molar-refractivity contribution is -0.118. The molecule has 0 fully saturated rings. The number of nitrogens with one attached hydrogen (secondary N) is 1. The van der Waals surface area contributed by atoms with E-state index in [1.54, 1.807) is 10.6 Å². The zero-order valence-corrected chi connectivity index (χ0v) is 15.8. The third-order valence-corrected chi connectivity index (χ3v) is 4.71. The third-order valence-electron chi connectivity index (χ3n) is 3.24. The average Bonchev–Trinajstić information content (AvgIpc) is 2.51. The third kappa shape index (κ3) is 4.57. The van der Waals surface area contributed by atoms with Crippen molar-refractivity contribution in [2.45, 2.75) is 32.5 Å². The monoisotopic (exact) mass is 397 g/mol. The Hall–Kier alpha value is -1.34. The standard InChI is InChI=1S/C16H20BrN3O2S/c1-4-20-15(22)12-7-11(17)5-6-13(12)19-16(20)23-9-14(21)18-8-10(2)3/h5-7,10H,4,8-9H2,1-3H3,(H,18,21). The summed E-state index contributed by atoms with van der Waals surface area (Å²) in [5.41, 5.74) is 0.567. The summed E-state index contributed by atoms with van der Waals surface area (Å²) in [5.74, 6) is 0.618. The number of thioether (sulfide) groups is 1. The van der Waals surface area contributed by atoms with Crippen LogP contribution in [0.25, 0.3) is 10.9 Å². The molecule has 0 unspecified atom stereocenters. The Kier molecular flexibility index (Phi) is 6.24. The first-order chi connectivity index (χ1) is 10.9. The molecule has 2 aromatic rings. The van der Waals surface area contributed by atoms with Crippen LogP contribution in [0.2, 0.25) is 0 Å². The van der Waals surface area contributed by atoms with Gasteiger partial charge in [0.25, 0.3) is 5.56 Å². The fourth-order valence-electron chi connectivity index (χ4n) is 2.06. The molecule has 7 heteroatoms. The first-order valence-corrected chi connectivity index (χ1v) is 9.29.